The molecule has 1 aromatic carbocycles. The number of carbonyl (C=O) groups excluding carboxylic acids is 3. The monoisotopic (exact) mass is 316 g/mol. The van der Waals surface area contributed by atoms with Crippen LogP contribution in [0.4, 0.5) is 5.69 Å². The fourth-order valence-electron chi connectivity index (χ4n) is 2.94. The second-order valence-electron chi connectivity index (χ2n) is 6.17. The van der Waals surface area contributed by atoms with Crippen LogP contribution in [-0.4, -0.2) is 37.0 Å². The van der Waals surface area contributed by atoms with Crippen LogP contribution >= 0.6 is 0 Å². The van der Waals surface area contributed by atoms with Crippen LogP contribution in [-0.2, 0) is 19.1 Å². The number of anilines is 1. The number of hydrogen-bond acceptors (Lipinski definition) is 4. The SMILES string of the molecule is Cc1ccc(N2CC(C(=O)OCC3CCC(=O)N3)CC2=O)cc1. The molecule has 0 aliphatic carbocycles. The molecular weight excluding hydrogens is 296 g/mol. The lowest BCUT2D eigenvalue weighted by Gasteiger charge is -2.17. The lowest BCUT2D eigenvalue weighted by molar-refractivity contribution is -0.149. The molecule has 0 bridgehead atoms. The molecule has 0 spiro atoms. The number of nitrogens with one attached hydrogen (secondary N) is 1. The van der Waals surface area contributed by atoms with Gasteiger partial charge >= 0.3 is 5.97 Å². The summed E-state index contributed by atoms with van der Waals surface area (Å²) < 4.78 is 5.28. The predicted octanol–water partition coefficient (Wildman–Crippen LogP) is 1.17. The normalized spacial score (nSPS) is 24.0. The van der Waals surface area contributed by atoms with E-state index in [1.165, 1.54) is 0 Å². The van der Waals surface area contributed by atoms with Gasteiger partial charge < -0.3 is 15.0 Å². The van der Waals surface area contributed by atoms with Crippen LogP contribution in [0.5, 0.6) is 0 Å². The zero-order chi connectivity index (χ0) is 16.4. The molecule has 1 N–H and O–H groups in total. The molecule has 6 nitrogen and oxygen atoms in total. The van der Waals surface area contributed by atoms with Gasteiger partial charge in [-0.3, -0.25) is 14.4 Å². The Morgan fingerprint density at radius 3 is 2.70 bits per heavy atom. The number of nitrogens with zero attached hydrogens (tertiary/aromatic N) is 1. The molecule has 2 saturated heterocycles. The van der Waals surface area contributed by atoms with Gasteiger partial charge in [-0.25, -0.2) is 0 Å². The van der Waals surface area contributed by atoms with Crippen molar-refractivity contribution in [1.29, 1.82) is 0 Å². The van der Waals surface area contributed by atoms with Crippen molar-refractivity contribution in [3.63, 3.8) is 0 Å². The first-order valence-corrected chi connectivity index (χ1v) is 7.86. The summed E-state index contributed by atoms with van der Waals surface area (Å²) >= 11 is 0. The highest BCUT2D eigenvalue weighted by molar-refractivity contribution is 5.99. The number of aryl methyl sites for hydroxylation is 1. The molecule has 2 atom stereocenters. The minimum atomic E-state index is -0.444. The molecule has 23 heavy (non-hydrogen) atoms. The van der Waals surface area contributed by atoms with Crippen molar-refractivity contribution in [3.05, 3.63) is 29.8 Å². The highest BCUT2D eigenvalue weighted by Crippen LogP contribution is 2.26. The van der Waals surface area contributed by atoms with Crippen LogP contribution in [0.2, 0.25) is 0 Å². The Balaban J connectivity index is 1.55. The minimum Gasteiger partial charge on any atom is -0.463 e. The van der Waals surface area contributed by atoms with Crippen LogP contribution in [0.3, 0.4) is 0 Å². The van der Waals surface area contributed by atoms with Crippen molar-refractivity contribution in [1.82, 2.24) is 5.32 Å². The predicted molar refractivity (Wildman–Crippen MR) is 83.8 cm³/mol. The summed E-state index contributed by atoms with van der Waals surface area (Å²) in [5, 5.41) is 2.75. The lowest BCUT2D eigenvalue weighted by atomic mass is 10.1. The third kappa shape index (κ3) is 3.52. The summed E-state index contributed by atoms with van der Waals surface area (Å²) in [4.78, 5) is 37.0. The fraction of sp³-hybridized carbons (Fsp3) is 0.471. The van der Waals surface area contributed by atoms with Gasteiger partial charge in [0.1, 0.15) is 6.61 Å². The molecule has 0 radical (unpaired) electrons. The summed E-state index contributed by atoms with van der Waals surface area (Å²) in [7, 11) is 0. The molecule has 1 aromatic rings. The molecule has 2 unspecified atom stereocenters. The molecule has 0 aromatic heterocycles. The highest BCUT2D eigenvalue weighted by atomic mass is 16.5. The summed E-state index contributed by atoms with van der Waals surface area (Å²) in [5.74, 6) is -0.882. The van der Waals surface area contributed by atoms with E-state index >= 15 is 0 Å². The smallest absolute Gasteiger partial charge is 0.311 e. The number of benzene rings is 1. The van der Waals surface area contributed by atoms with Gasteiger partial charge in [-0.2, -0.15) is 0 Å². The molecule has 0 saturated carbocycles. The number of rotatable bonds is 4. The van der Waals surface area contributed by atoms with E-state index in [-0.39, 0.29) is 36.9 Å². The zero-order valence-electron chi connectivity index (χ0n) is 13.1. The van der Waals surface area contributed by atoms with Gasteiger partial charge in [-0.05, 0) is 25.5 Å². The third-order valence-electron chi connectivity index (χ3n) is 4.32. The third-order valence-corrected chi connectivity index (χ3v) is 4.32. The van der Waals surface area contributed by atoms with Gasteiger partial charge in [0.2, 0.25) is 11.8 Å². The van der Waals surface area contributed by atoms with E-state index in [0.717, 1.165) is 11.3 Å². The van der Waals surface area contributed by atoms with Crippen LogP contribution in [0.15, 0.2) is 24.3 Å². The Kier molecular flexibility index (Phi) is 4.32. The van der Waals surface area contributed by atoms with E-state index < -0.39 is 5.92 Å². The van der Waals surface area contributed by atoms with Crippen molar-refractivity contribution in [2.45, 2.75) is 32.2 Å². The Hall–Kier alpha value is -2.37. The number of carbonyl (C=O) groups is 3. The van der Waals surface area contributed by atoms with Crippen LogP contribution in [0.25, 0.3) is 0 Å². The molecule has 6 heteroatoms. The average Bonchev–Trinajstić information content (AvgIpc) is 3.12. The number of esters is 1. The molecule has 122 valence electrons. The molecule has 2 amide bonds. The second-order valence-corrected chi connectivity index (χ2v) is 6.17. The van der Waals surface area contributed by atoms with Crippen LogP contribution < -0.4 is 10.2 Å². The number of hydrogen-bond donors (Lipinski definition) is 1. The van der Waals surface area contributed by atoms with Gasteiger partial charge in [0, 0.05) is 25.1 Å². The van der Waals surface area contributed by atoms with E-state index in [1.807, 2.05) is 31.2 Å². The van der Waals surface area contributed by atoms with Gasteiger partial charge in [0.05, 0.1) is 12.0 Å². The quantitative estimate of drug-likeness (QED) is 0.846. The molecular formula is C17H20N2O4. The maximum absolute atomic E-state index is 12.1. The van der Waals surface area contributed by atoms with Crippen LogP contribution in [0.1, 0.15) is 24.8 Å². The summed E-state index contributed by atoms with van der Waals surface area (Å²) in [6, 6.07) is 7.55. The Morgan fingerprint density at radius 1 is 1.30 bits per heavy atom. The van der Waals surface area contributed by atoms with Gasteiger partial charge in [0.15, 0.2) is 0 Å². The van der Waals surface area contributed by atoms with E-state index in [9.17, 15) is 14.4 Å². The van der Waals surface area contributed by atoms with Crippen molar-refractivity contribution in [2.75, 3.05) is 18.1 Å². The summed E-state index contributed by atoms with van der Waals surface area (Å²) in [6.07, 6.45) is 1.33. The maximum atomic E-state index is 12.1. The van der Waals surface area contributed by atoms with Crippen molar-refractivity contribution in [3.8, 4) is 0 Å². The Bertz CT molecular complexity index is 626. The van der Waals surface area contributed by atoms with Crippen LogP contribution in [0, 0.1) is 12.8 Å². The summed E-state index contributed by atoms with van der Waals surface area (Å²) in [6.45, 7) is 2.51. The summed E-state index contributed by atoms with van der Waals surface area (Å²) in [5.41, 5.74) is 1.92. The first-order valence-electron chi connectivity index (χ1n) is 7.86. The average molecular weight is 316 g/mol. The highest BCUT2D eigenvalue weighted by Gasteiger charge is 2.36. The standard InChI is InChI=1S/C17H20N2O4/c1-11-2-5-14(6-3-11)19-9-12(8-16(19)21)17(22)23-10-13-4-7-15(20)18-13/h2-3,5-6,12-13H,4,7-10H2,1H3,(H,18,20). The number of ether oxygens (including phenoxy) is 1. The first kappa shape index (κ1) is 15.5. The molecule has 2 aliphatic heterocycles. The minimum absolute atomic E-state index is 0.00682. The van der Waals surface area contributed by atoms with E-state index in [4.69, 9.17) is 4.74 Å². The van der Waals surface area contributed by atoms with Gasteiger partial charge in [0.25, 0.3) is 0 Å². The Morgan fingerprint density at radius 2 is 2.04 bits per heavy atom. The van der Waals surface area contributed by atoms with E-state index in [1.54, 1.807) is 4.90 Å². The van der Waals surface area contributed by atoms with Crippen molar-refractivity contribution < 1.29 is 19.1 Å². The van der Waals surface area contributed by atoms with E-state index in [0.29, 0.717) is 19.4 Å². The number of amides is 2. The topological polar surface area (TPSA) is 75.7 Å². The van der Waals surface area contributed by atoms with Crippen molar-refractivity contribution >= 4 is 23.5 Å². The molecule has 2 heterocycles. The van der Waals surface area contributed by atoms with E-state index in [2.05, 4.69) is 5.32 Å². The molecule has 3 rings (SSSR count). The lowest BCUT2D eigenvalue weighted by Crippen LogP contribution is -2.32. The fourth-order valence-corrected chi connectivity index (χ4v) is 2.94. The van der Waals surface area contributed by atoms with Gasteiger partial charge in [-0.15, -0.1) is 0 Å². The van der Waals surface area contributed by atoms with Gasteiger partial charge in [-0.1, -0.05) is 17.7 Å². The maximum Gasteiger partial charge on any atom is 0.311 e. The molecule has 2 aliphatic rings. The molecule has 2 fully saturated rings. The second kappa shape index (κ2) is 6.40. The Labute approximate surface area is 134 Å². The van der Waals surface area contributed by atoms with Crippen molar-refractivity contribution in [2.24, 2.45) is 5.92 Å². The first-order chi connectivity index (χ1) is 11.0. The largest absolute Gasteiger partial charge is 0.463 e. The zero-order valence-corrected chi connectivity index (χ0v) is 13.1.